The summed E-state index contributed by atoms with van der Waals surface area (Å²) in [6, 6.07) is 9.00. The molecule has 1 saturated carbocycles. The van der Waals surface area contributed by atoms with E-state index in [-0.39, 0.29) is 0 Å². The Kier molecular flexibility index (Phi) is 4.30. The summed E-state index contributed by atoms with van der Waals surface area (Å²) in [7, 11) is 0. The number of benzene rings is 1. The van der Waals surface area contributed by atoms with Gasteiger partial charge in [0.05, 0.1) is 16.9 Å². The average Bonchev–Trinajstić information content (AvgIpc) is 2.87. The molecule has 0 spiro atoms. The Bertz CT molecular complexity index is 567. The quantitative estimate of drug-likeness (QED) is 0.698. The van der Waals surface area contributed by atoms with Crippen LogP contribution in [0.4, 0.5) is 0 Å². The van der Waals surface area contributed by atoms with Crippen LogP contribution in [0.5, 0.6) is 0 Å². The minimum atomic E-state index is 0.504. The van der Waals surface area contributed by atoms with E-state index in [1.54, 1.807) is 0 Å². The summed E-state index contributed by atoms with van der Waals surface area (Å²) in [5.74, 6) is 2.47. The van der Waals surface area contributed by atoms with Crippen LogP contribution in [0.1, 0.15) is 57.3 Å². The largest absolute Gasteiger partial charge is 0.324 e. The monoisotopic (exact) mass is 290 g/mol. The molecule has 1 fully saturated rings. The summed E-state index contributed by atoms with van der Waals surface area (Å²) in [5, 5.41) is 0. The van der Waals surface area contributed by atoms with E-state index in [0.717, 1.165) is 17.3 Å². The first-order valence-corrected chi connectivity index (χ1v) is 8.38. The molecule has 1 heterocycles. The molecule has 1 aromatic carbocycles. The number of rotatable bonds is 4. The normalized spacial score (nSPS) is 23.3. The van der Waals surface area contributed by atoms with Crippen LogP contribution in [0, 0.1) is 5.92 Å². The van der Waals surface area contributed by atoms with Gasteiger partial charge in [-0.05, 0) is 43.7 Å². The van der Waals surface area contributed by atoms with Crippen molar-refractivity contribution in [1.82, 2.24) is 9.55 Å². The van der Waals surface area contributed by atoms with E-state index < -0.39 is 0 Å². The second kappa shape index (κ2) is 6.17. The predicted molar refractivity (Wildman–Crippen MR) is 85.2 cm³/mol. The van der Waals surface area contributed by atoms with Crippen LogP contribution < -0.4 is 0 Å². The summed E-state index contributed by atoms with van der Waals surface area (Å²) >= 11 is 6.12. The van der Waals surface area contributed by atoms with E-state index in [1.165, 1.54) is 44.0 Å². The third kappa shape index (κ3) is 2.58. The van der Waals surface area contributed by atoms with Gasteiger partial charge in [0.2, 0.25) is 0 Å². The molecule has 1 aliphatic rings. The number of halogens is 1. The third-order valence-electron chi connectivity index (χ3n) is 4.67. The van der Waals surface area contributed by atoms with Crippen LogP contribution in [0.25, 0.3) is 11.0 Å². The molecule has 0 aliphatic heterocycles. The zero-order valence-electron chi connectivity index (χ0n) is 12.2. The van der Waals surface area contributed by atoms with Gasteiger partial charge in [-0.1, -0.05) is 31.9 Å². The first kappa shape index (κ1) is 13.9. The molecule has 3 rings (SSSR count). The Morgan fingerprint density at radius 3 is 2.65 bits per heavy atom. The smallest absolute Gasteiger partial charge is 0.125 e. The van der Waals surface area contributed by atoms with Gasteiger partial charge >= 0.3 is 0 Å². The molecule has 0 radical (unpaired) electrons. The van der Waals surface area contributed by atoms with Gasteiger partial charge in [0.25, 0.3) is 0 Å². The molecule has 0 atom stereocenters. The molecule has 2 aromatic rings. The van der Waals surface area contributed by atoms with Crippen LogP contribution >= 0.6 is 11.6 Å². The van der Waals surface area contributed by atoms with Crippen molar-refractivity contribution in [1.29, 1.82) is 0 Å². The fraction of sp³-hybridized carbons (Fsp3) is 0.588. The minimum Gasteiger partial charge on any atom is -0.324 e. The second-order valence-electron chi connectivity index (χ2n) is 5.98. The van der Waals surface area contributed by atoms with Gasteiger partial charge in [0.1, 0.15) is 5.82 Å². The Morgan fingerprint density at radius 1 is 1.20 bits per heavy atom. The number of imidazole rings is 1. The maximum atomic E-state index is 6.12. The van der Waals surface area contributed by atoms with E-state index in [1.807, 2.05) is 0 Å². The van der Waals surface area contributed by atoms with E-state index in [2.05, 4.69) is 35.8 Å². The zero-order valence-corrected chi connectivity index (χ0v) is 12.9. The van der Waals surface area contributed by atoms with Crippen LogP contribution in [-0.4, -0.2) is 9.55 Å². The number of hydrogen-bond acceptors (Lipinski definition) is 1. The van der Waals surface area contributed by atoms with Crippen molar-refractivity contribution in [3.8, 4) is 0 Å². The van der Waals surface area contributed by atoms with Crippen molar-refractivity contribution >= 4 is 22.6 Å². The molecule has 1 aromatic heterocycles. The van der Waals surface area contributed by atoms with Gasteiger partial charge in [-0.3, -0.25) is 0 Å². The fourth-order valence-electron chi connectivity index (χ4n) is 3.70. The zero-order chi connectivity index (χ0) is 13.9. The number of alkyl halides is 1. The van der Waals surface area contributed by atoms with Gasteiger partial charge < -0.3 is 4.57 Å². The van der Waals surface area contributed by atoms with Crippen LogP contribution in [0.2, 0.25) is 0 Å². The third-order valence-corrected chi connectivity index (χ3v) is 4.91. The summed E-state index contributed by atoms with van der Waals surface area (Å²) in [6.45, 7) is 2.29. The molecule has 0 saturated heterocycles. The molecule has 0 unspecified atom stereocenters. The molecule has 3 heteroatoms. The first-order chi connectivity index (χ1) is 9.83. The average molecular weight is 291 g/mol. The summed E-state index contributed by atoms with van der Waals surface area (Å²) in [5.41, 5.74) is 2.33. The molecule has 0 N–H and O–H groups in total. The van der Waals surface area contributed by atoms with Crippen molar-refractivity contribution in [3.63, 3.8) is 0 Å². The minimum absolute atomic E-state index is 0.504. The summed E-state index contributed by atoms with van der Waals surface area (Å²) < 4.78 is 2.41. The molecule has 108 valence electrons. The lowest BCUT2D eigenvalue weighted by Gasteiger charge is -2.30. The SMILES string of the molecule is CCCC1CCC(n2c(CCl)nc3ccccc32)CC1. The standard InChI is InChI=1S/C17H23ClN2/c1-2-5-13-8-10-14(11-9-13)20-16-7-4-3-6-15(16)19-17(20)12-18/h3-4,6-7,13-14H,2,5,8-12H2,1H3. The molecule has 2 nitrogen and oxygen atoms in total. The van der Waals surface area contributed by atoms with Crippen molar-refractivity contribution < 1.29 is 0 Å². The first-order valence-electron chi connectivity index (χ1n) is 7.85. The molecule has 20 heavy (non-hydrogen) atoms. The van der Waals surface area contributed by atoms with E-state index in [0.29, 0.717) is 11.9 Å². The van der Waals surface area contributed by atoms with Gasteiger partial charge in [-0.15, -0.1) is 11.6 Å². The van der Waals surface area contributed by atoms with Gasteiger partial charge in [-0.2, -0.15) is 0 Å². The fourth-order valence-corrected chi connectivity index (χ4v) is 3.88. The topological polar surface area (TPSA) is 17.8 Å². The predicted octanol–water partition coefficient (Wildman–Crippen LogP) is 5.31. The number of hydrogen-bond donors (Lipinski definition) is 0. The highest BCUT2D eigenvalue weighted by Crippen LogP contribution is 2.37. The van der Waals surface area contributed by atoms with Crippen molar-refractivity contribution in [3.05, 3.63) is 30.1 Å². The summed E-state index contributed by atoms with van der Waals surface area (Å²) in [4.78, 5) is 4.69. The van der Waals surface area contributed by atoms with E-state index >= 15 is 0 Å². The number of nitrogens with zero attached hydrogens (tertiary/aromatic N) is 2. The van der Waals surface area contributed by atoms with Crippen molar-refractivity contribution in [2.75, 3.05) is 0 Å². The highest BCUT2D eigenvalue weighted by Gasteiger charge is 2.24. The highest BCUT2D eigenvalue weighted by molar-refractivity contribution is 6.16. The summed E-state index contributed by atoms with van der Waals surface area (Å²) in [6.07, 6.45) is 7.96. The number of fused-ring (bicyclic) bond motifs is 1. The molecule has 0 amide bonds. The Labute approximate surface area is 126 Å². The molecular weight excluding hydrogens is 268 g/mol. The molecule has 1 aliphatic carbocycles. The lowest BCUT2D eigenvalue weighted by atomic mass is 9.83. The van der Waals surface area contributed by atoms with Crippen LogP contribution in [0.3, 0.4) is 0 Å². The van der Waals surface area contributed by atoms with Crippen molar-refractivity contribution in [2.45, 2.75) is 57.4 Å². The van der Waals surface area contributed by atoms with Crippen molar-refractivity contribution in [2.24, 2.45) is 5.92 Å². The molecule has 0 bridgehead atoms. The Morgan fingerprint density at radius 2 is 1.95 bits per heavy atom. The molecular formula is C17H23ClN2. The van der Waals surface area contributed by atoms with Crippen LogP contribution in [-0.2, 0) is 5.88 Å². The Hall–Kier alpha value is -1.02. The van der Waals surface area contributed by atoms with Gasteiger partial charge in [0.15, 0.2) is 0 Å². The maximum Gasteiger partial charge on any atom is 0.125 e. The lowest BCUT2D eigenvalue weighted by Crippen LogP contribution is -2.19. The second-order valence-corrected chi connectivity index (χ2v) is 6.25. The van der Waals surface area contributed by atoms with E-state index in [9.17, 15) is 0 Å². The number of para-hydroxylation sites is 2. The number of aromatic nitrogens is 2. The maximum absolute atomic E-state index is 6.12. The highest BCUT2D eigenvalue weighted by atomic mass is 35.5. The van der Waals surface area contributed by atoms with Crippen LogP contribution in [0.15, 0.2) is 24.3 Å². The van der Waals surface area contributed by atoms with Gasteiger partial charge in [-0.25, -0.2) is 4.98 Å². The van der Waals surface area contributed by atoms with Gasteiger partial charge in [0, 0.05) is 6.04 Å². The Balaban J connectivity index is 1.87. The lowest BCUT2D eigenvalue weighted by molar-refractivity contribution is 0.263. The van der Waals surface area contributed by atoms with E-state index in [4.69, 9.17) is 16.6 Å².